The number of hydrogen-bond acceptors (Lipinski definition) is 2. The first-order chi connectivity index (χ1) is 5.86. The third kappa shape index (κ3) is 2.28. The third-order valence-corrected chi connectivity index (χ3v) is 1.57. The van der Waals surface area contributed by atoms with Gasteiger partial charge in [0.05, 0.1) is 7.11 Å². The number of hydrogen-bond donors (Lipinski definition) is 0. The van der Waals surface area contributed by atoms with Gasteiger partial charge in [-0.3, -0.25) is 0 Å². The summed E-state index contributed by atoms with van der Waals surface area (Å²) < 4.78 is 4.97. The number of pyridine rings is 1. The van der Waals surface area contributed by atoms with Gasteiger partial charge < -0.3 is 4.74 Å². The maximum atomic E-state index is 5.15. The number of aryl methyl sites for hydroxylation is 1. The molecule has 0 fully saturated rings. The highest BCUT2D eigenvalue weighted by atomic mass is 16.5. The Balaban J connectivity index is 2.67. The van der Waals surface area contributed by atoms with Crippen molar-refractivity contribution in [3.05, 3.63) is 23.9 Å². The average molecular weight is 161 g/mol. The van der Waals surface area contributed by atoms with E-state index in [1.165, 1.54) is 5.56 Å². The van der Waals surface area contributed by atoms with Crippen LogP contribution in [0.4, 0.5) is 0 Å². The van der Waals surface area contributed by atoms with E-state index in [0.717, 1.165) is 12.8 Å². The minimum absolute atomic E-state index is 0.643. The van der Waals surface area contributed by atoms with Gasteiger partial charge in [0.15, 0.2) is 0 Å². The molecule has 1 heterocycles. The summed E-state index contributed by atoms with van der Waals surface area (Å²) in [5.41, 5.74) is 1.17. The van der Waals surface area contributed by atoms with Gasteiger partial charge >= 0.3 is 0 Å². The standard InChI is InChI=1S/C10H11NO/c1-3-4-5-9-6-7-11-10(8-9)12-2/h1,6-8H,4-5H2,2H3. The molecule has 1 aromatic heterocycles. The van der Waals surface area contributed by atoms with E-state index in [2.05, 4.69) is 10.9 Å². The lowest BCUT2D eigenvalue weighted by molar-refractivity contribution is 0.397. The van der Waals surface area contributed by atoms with E-state index >= 15 is 0 Å². The molecule has 0 unspecified atom stereocenters. The van der Waals surface area contributed by atoms with Crippen molar-refractivity contribution in [2.45, 2.75) is 12.8 Å². The lowest BCUT2D eigenvalue weighted by Crippen LogP contribution is -1.89. The summed E-state index contributed by atoms with van der Waals surface area (Å²) in [6.45, 7) is 0. The predicted molar refractivity (Wildman–Crippen MR) is 47.9 cm³/mol. The topological polar surface area (TPSA) is 22.1 Å². The molecule has 0 aliphatic rings. The fourth-order valence-corrected chi connectivity index (χ4v) is 0.934. The molecule has 0 aliphatic heterocycles. The Morgan fingerprint density at radius 2 is 2.50 bits per heavy atom. The van der Waals surface area contributed by atoms with Crippen LogP contribution >= 0.6 is 0 Å². The first-order valence-electron chi connectivity index (χ1n) is 3.79. The van der Waals surface area contributed by atoms with E-state index in [4.69, 9.17) is 11.2 Å². The van der Waals surface area contributed by atoms with Crippen LogP contribution < -0.4 is 4.74 Å². The molecular formula is C10H11NO. The molecule has 62 valence electrons. The molecular weight excluding hydrogens is 150 g/mol. The molecule has 0 atom stereocenters. The van der Waals surface area contributed by atoms with Crippen LogP contribution in [0.2, 0.25) is 0 Å². The van der Waals surface area contributed by atoms with Crippen LogP contribution in [0.1, 0.15) is 12.0 Å². The number of ether oxygens (including phenoxy) is 1. The number of rotatable bonds is 3. The molecule has 2 heteroatoms. The molecule has 0 spiro atoms. The molecule has 0 radical (unpaired) electrons. The maximum Gasteiger partial charge on any atom is 0.213 e. The molecule has 1 rings (SSSR count). The van der Waals surface area contributed by atoms with Gasteiger partial charge in [-0.25, -0.2) is 4.98 Å². The summed E-state index contributed by atoms with van der Waals surface area (Å²) in [6.07, 6.45) is 8.52. The molecule has 0 saturated carbocycles. The minimum Gasteiger partial charge on any atom is -0.481 e. The molecule has 0 N–H and O–H groups in total. The van der Waals surface area contributed by atoms with Crippen molar-refractivity contribution in [1.82, 2.24) is 4.98 Å². The molecule has 0 amide bonds. The zero-order valence-corrected chi connectivity index (χ0v) is 7.08. The molecule has 0 bridgehead atoms. The number of terminal acetylenes is 1. The van der Waals surface area contributed by atoms with Gasteiger partial charge in [0.1, 0.15) is 0 Å². The summed E-state index contributed by atoms with van der Waals surface area (Å²) in [6, 6.07) is 3.84. The number of nitrogens with zero attached hydrogens (tertiary/aromatic N) is 1. The van der Waals surface area contributed by atoms with E-state index < -0.39 is 0 Å². The highest BCUT2D eigenvalue weighted by Crippen LogP contribution is 2.09. The molecule has 2 nitrogen and oxygen atoms in total. The van der Waals surface area contributed by atoms with Gasteiger partial charge in [-0.05, 0) is 18.1 Å². The van der Waals surface area contributed by atoms with Crippen LogP contribution in [0.25, 0.3) is 0 Å². The van der Waals surface area contributed by atoms with Crippen molar-refractivity contribution in [3.63, 3.8) is 0 Å². The lowest BCUT2D eigenvalue weighted by atomic mass is 10.1. The quantitative estimate of drug-likeness (QED) is 0.629. The monoisotopic (exact) mass is 161 g/mol. The fourth-order valence-electron chi connectivity index (χ4n) is 0.934. The number of methoxy groups -OCH3 is 1. The Morgan fingerprint density at radius 3 is 3.17 bits per heavy atom. The maximum absolute atomic E-state index is 5.15. The van der Waals surface area contributed by atoms with Gasteiger partial charge in [0, 0.05) is 18.7 Å². The fraction of sp³-hybridized carbons (Fsp3) is 0.300. The molecule has 12 heavy (non-hydrogen) atoms. The van der Waals surface area contributed by atoms with Crippen LogP contribution in [0.5, 0.6) is 5.88 Å². The van der Waals surface area contributed by atoms with Crippen LogP contribution in [0.3, 0.4) is 0 Å². The highest BCUT2D eigenvalue weighted by Gasteiger charge is 1.94. The van der Waals surface area contributed by atoms with Crippen LogP contribution in [0.15, 0.2) is 18.3 Å². The van der Waals surface area contributed by atoms with Crippen molar-refractivity contribution in [2.75, 3.05) is 7.11 Å². The van der Waals surface area contributed by atoms with Gasteiger partial charge in [-0.15, -0.1) is 12.3 Å². The van der Waals surface area contributed by atoms with Crippen molar-refractivity contribution < 1.29 is 4.74 Å². The van der Waals surface area contributed by atoms with E-state index in [-0.39, 0.29) is 0 Å². The average Bonchev–Trinajstić information content (AvgIpc) is 2.15. The van der Waals surface area contributed by atoms with E-state index in [1.807, 2.05) is 12.1 Å². The molecule has 1 aromatic rings. The molecule has 0 aliphatic carbocycles. The van der Waals surface area contributed by atoms with Crippen molar-refractivity contribution in [3.8, 4) is 18.2 Å². The second-order valence-electron chi connectivity index (χ2n) is 2.41. The van der Waals surface area contributed by atoms with Crippen molar-refractivity contribution in [1.29, 1.82) is 0 Å². The normalized spacial score (nSPS) is 9.00. The summed E-state index contributed by atoms with van der Waals surface area (Å²) in [5, 5.41) is 0. The van der Waals surface area contributed by atoms with E-state index in [1.54, 1.807) is 13.3 Å². The Labute approximate surface area is 72.6 Å². The Hall–Kier alpha value is -1.49. The zero-order chi connectivity index (χ0) is 8.81. The van der Waals surface area contributed by atoms with Gasteiger partial charge in [0.25, 0.3) is 0 Å². The lowest BCUT2D eigenvalue weighted by Gasteiger charge is -2.00. The van der Waals surface area contributed by atoms with Crippen LogP contribution in [0, 0.1) is 12.3 Å². The second-order valence-corrected chi connectivity index (χ2v) is 2.41. The summed E-state index contributed by atoms with van der Waals surface area (Å²) in [7, 11) is 1.60. The molecule has 0 saturated heterocycles. The Kier molecular flexibility index (Phi) is 3.16. The first kappa shape index (κ1) is 8.61. The Bertz CT molecular complexity index is 288. The Morgan fingerprint density at radius 1 is 1.67 bits per heavy atom. The zero-order valence-electron chi connectivity index (χ0n) is 7.08. The first-order valence-corrected chi connectivity index (χ1v) is 3.79. The second kappa shape index (κ2) is 4.40. The summed E-state index contributed by atoms with van der Waals surface area (Å²) >= 11 is 0. The summed E-state index contributed by atoms with van der Waals surface area (Å²) in [4.78, 5) is 3.99. The summed E-state index contributed by atoms with van der Waals surface area (Å²) in [5.74, 6) is 3.24. The van der Waals surface area contributed by atoms with Crippen molar-refractivity contribution >= 4 is 0 Å². The smallest absolute Gasteiger partial charge is 0.213 e. The van der Waals surface area contributed by atoms with Gasteiger partial charge in [-0.1, -0.05) is 0 Å². The largest absolute Gasteiger partial charge is 0.481 e. The van der Waals surface area contributed by atoms with E-state index in [9.17, 15) is 0 Å². The third-order valence-electron chi connectivity index (χ3n) is 1.57. The minimum atomic E-state index is 0.643. The van der Waals surface area contributed by atoms with Crippen LogP contribution in [-0.4, -0.2) is 12.1 Å². The highest BCUT2D eigenvalue weighted by molar-refractivity contribution is 5.21. The van der Waals surface area contributed by atoms with Gasteiger partial charge in [0.2, 0.25) is 5.88 Å². The molecule has 0 aromatic carbocycles. The van der Waals surface area contributed by atoms with Gasteiger partial charge in [-0.2, -0.15) is 0 Å². The predicted octanol–water partition coefficient (Wildman–Crippen LogP) is 1.66. The van der Waals surface area contributed by atoms with Crippen molar-refractivity contribution in [2.24, 2.45) is 0 Å². The number of aromatic nitrogens is 1. The SMILES string of the molecule is C#CCCc1ccnc(OC)c1. The van der Waals surface area contributed by atoms with Crippen LogP contribution in [-0.2, 0) is 6.42 Å². The van der Waals surface area contributed by atoms with E-state index in [0.29, 0.717) is 5.88 Å².